The SMILES string of the molecule is CC(C)(C)c1cccc(CN[C@H]2CS(=O)(=O)C[C@@H](Cc3ccc(N)c(OCC(F)(F)F)c3)[C@@H]2O)c1.Cl. The first-order valence-corrected chi connectivity index (χ1v) is 13.2. The average molecular weight is 551 g/mol. The summed E-state index contributed by atoms with van der Waals surface area (Å²) < 4.78 is 67.6. The maximum atomic E-state index is 12.6. The number of nitrogens with two attached hydrogens (primary N) is 1. The molecule has 3 rings (SSSR count). The summed E-state index contributed by atoms with van der Waals surface area (Å²) in [6.45, 7) is 5.24. The lowest BCUT2D eigenvalue weighted by atomic mass is 9.86. The van der Waals surface area contributed by atoms with Gasteiger partial charge >= 0.3 is 6.18 Å². The second kappa shape index (κ2) is 11.6. The summed E-state index contributed by atoms with van der Waals surface area (Å²) >= 11 is 0. The zero-order chi connectivity index (χ0) is 26.0. The van der Waals surface area contributed by atoms with E-state index in [0.717, 1.165) is 11.1 Å². The second-order valence-electron chi connectivity index (χ2n) is 10.2. The molecule has 1 aliphatic heterocycles. The van der Waals surface area contributed by atoms with Gasteiger partial charge in [0.25, 0.3) is 0 Å². The van der Waals surface area contributed by atoms with Crippen molar-refractivity contribution in [3.8, 4) is 5.75 Å². The molecule has 202 valence electrons. The molecule has 0 unspecified atom stereocenters. The van der Waals surface area contributed by atoms with Gasteiger partial charge < -0.3 is 20.9 Å². The summed E-state index contributed by atoms with van der Waals surface area (Å²) in [6.07, 6.45) is -5.32. The van der Waals surface area contributed by atoms with Crippen molar-refractivity contribution in [1.29, 1.82) is 0 Å². The van der Waals surface area contributed by atoms with Crippen LogP contribution in [0.2, 0.25) is 0 Å². The zero-order valence-electron chi connectivity index (χ0n) is 20.5. The summed E-state index contributed by atoms with van der Waals surface area (Å²) in [5.74, 6) is -1.16. The van der Waals surface area contributed by atoms with Gasteiger partial charge in [0.15, 0.2) is 16.4 Å². The molecule has 4 N–H and O–H groups in total. The van der Waals surface area contributed by atoms with Crippen LogP contribution >= 0.6 is 12.4 Å². The van der Waals surface area contributed by atoms with E-state index in [2.05, 4.69) is 32.2 Å². The molecule has 2 aromatic carbocycles. The standard InChI is InChI=1S/C25H33F3N2O4S.ClH/c1-24(2,3)19-6-4-5-17(10-19)12-30-21-14-35(32,33)13-18(23(21)31)9-16-7-8-20(29)22(11-16)34-15-25(26,27)28;/h4-8,10-11,18,21,23,30-31H,9,12-15,29H2,1-3H3;1H/t18-,21+,23+;/m1./s1. The smallest absolute Gasteiger partial charge is 0.422 e. The van der Waals surface area contributed by atoms with Crippen molar-refractivity contribution in [1.82, 2.24) is 5.32 Å². The van der Waals surface area contributed by atoms with E-state index in [4.69, 9.17) is 10.5 Å². The van der Waals surface area contributed by atoms with Crippen LogP contribution in [-0.4, -0.2) is 50.0 Å². The van der Waals surface area contributed by atoms with Crippen LogP contribution in [0.1, 0.15) is 37.5 Å². The Balaban J connectivity index is 0.00000456. The van der Waals surface area contributed by atoms with Gasteiger partial charge in [-0.05, 0) is 40.7 Å². The molecule has 1 fully saturated rings. The number of nitrogens with one attached hydrogen (secondary N) is 1. The maximum absolute atomic E-state index is 12.6. The van der Waals surface area contributed by atoms with Crippen molar-refractivity contribution in [2.75, 3.05) is 23.8 Å². The van der Waals surface area contributed by atoms with Crippen molar-refractivity contribution < 1.29 is 31.4 Å². The number of alkyl halides is 3. The van der Waals surface area contributed by atoms with Crippen LogP contribution in [0.25, 0.3) is 0 Å². The van der Waals surface area contributed by atoms with E-state index in [1.807, 2.05) is 18.2 Å². The Labute approximate surface area is 216 Å². The highest BCUT2D eigenvalue weighted by Gasteiger charge is 2.39. The molecule has 0 spiro atoms. The molecule has 6 nitrogen and oxygen atoms in total. The Morgan fingerprint density at radius 2 is 1.78 bits per heavy atom. The van der Waals surface area contributed by atoms with Crippen molar-refractivity contribution >= 4 is 27.9 Å². The summed E-state index contributed by atoms with van der Waals surface area (Å²) in [5.41, 5.74) is 8.41. The predicted octanol–water partition coefficient (Wildman–Crippen LogP) is 4.04. The summed E-state index contributed by atoms with van der Waals surface area (Å²) in [5, 5.41) is 14.2. The molecule has 2 aromatic rings. The molecular formula is C25H34ClF3N2O4S. The molecule has 36 heavy (non-hydrogen) atoms. The normalized spacial score (nSPS) is 22.0. The predicted molar refractivity (Wildman–Crippen MR) is 137 cm³/mol. The number of halogens is 4. The number of hydrogen-bond acceptors (Lipinski definition) is 6. The first-order valence-electron chi connectivity index (χ1n) is 11.4. The van der Waals surface area contributed by atoms with Crippen LogP contribution < -0.4 is 15.8 Å². The minimum absolute atomic E-state index is 0. The third kappa shape index (κ3) is 8.54. The molecule has 0 bridgehead atoms. The lowest BCUT2D eigenvalue weighted by molar-refractivity contribution is -0.153. The quantitative estimate of drug-likeness (QED) is 0.450. The molecule has 1 saturated heterocycles. The number of aliphatic hydroxyl groups excluding tert-OH is 1. The third-order valence-corrected chi connectivity index (χ3v) is 7.93. The number of nitrogen functional groups attached to an aromatic ring is 1. The van der Waals surface area contributed by atoms with Gasteiger partial charge in [-0.3, -0.25) is 0 Å². The van der Waals surface area contributed by atoms with Crippen molar-refractivity contribution in [2.24, 2.45) is 5.92 Å². The van der Waals surface area contributed by atoms with Crippen LogP contribution in [0.15, 0.2) is 42.5 Å². The van der Waals surface area contributed by atoms with Crippen LogP contribution in [0.3, 0.4) is 0 Å². The minimum Gasteiger partial charge on any atom is -0.482 e. The Kier molecular flexibility index (Phi) is 9.72. The molecule has 0 aliphatic carbocycles. The largest absolute Gasteiger partial charge is 0.482 e. The third-order valence-electron chi connectivity index (χ3n) is 6.13. The molecule has 0 amide bonds. The summed E-state index contributed by atoms with van der Waals surface area (Å²) in [6, 6.07) is 11.7. The molecule has 0 aromatic heterocycles. The van der Waals surface area contributed by atoms with Gasteiger partial charge in [0.1, 0.15) is 5.75 Å². The van der Waals surface area contributed by atoms with Crippen molar-refractivity contribution in [3.05, 3.63) is 59.2 Å². The Bertz CT molecular complexity index is 1140. The van der Waals surface area contributed by atoms with Gasteiger partial charge in [-0.2, -0.15) is 13.2 Å². The molecule has 1 heterocycles. The number of ether oxygens (including phenoxy) is 1. The van der Waals surface area contributed by atoms with Gasteiger partial charge in [0, 0.05) is 18.5 Å². The number of sulfone groups is 1. The number of hydrogen-bond donors (Lipinski definition) is 3. The molecule has 3 atom stereocenters. The monoisotopic (exact) mass is 550 g/mol. The zero-order valence-corrected chi connectivity index (χ0v) is 22.1. The van der Waals surface area contributed by atoms with Gasteiger partial charge in [-0.1, -0.05) is 51.1 Å². The van der Waals surface area contributed by atoms with Crippen LogP contribution in [0, 0.1) is 5.92 Å². The number of rotatable bonds is 7. The molecule has 11 heteroatoms. The van der Waals surface area contributed by atoms with Crippen LogP contribution in [0.4, 0.5) is 18.9 Å². The first kappa shape index (κ1) is 30.2. The lowest BCUT2D eigenvalue weighted by Gasteiger charge is -2.35. The maximum Gasteiger partial charge on any atom is 0.422 e. The van der Waals surface area contributed by atoms with E-state index in [9.17, 15) is 26.7 Å². The highest BCUT2D eigenvalue weighted by atomic mass is 35.5. The highest BCUT2D eigenvalue weighted by Crippen LogP contribution is 2.30. The van der Waals surface area contributed by atoms with Gasteiger partial charge in [0.05, 0.1) is 23.3 Å². The van der Waals surface area contributed by atoms with E-state index >= 15 is 0 Å². The second-order valence-corrected chi connectivity index (χ2v) is 12.4. The van der Waals surface area contributed by atoms with E-state index in [-0.39, 0.29) is 47.2 Å². The fourth-order valence-corrected chi connectivity index (χ4v) is 6.21. The van der Waals surface area contributed by atoms with E-state index < -0.39 is 40.7 Å². The number of benzene rings is 2. The van der Waals surface area contributed by atoms with Crippen LogP contribution in [-0.2, 0) is 28.2 Å². The molecule has 1 aliphatic rings. The summed E-state index contributed by atoms with van der Waals surface area (Å²) in [4.78, 5) is 0. The average Bonchev–Trinajstić information content (AvgIpc) is 2.74. The van der Waals surface area contributed by atoms with Crippen LogP contribution in [0.5, 0.6) is 5.75 Å². The van der Waals surface area contributed by atoms with E-state index in [1.54, 1.807) is 6.07 Å². The first-order chi connectivity index (χ1) is 16.1. The molecule has 0 radical (unpaired) electrons. The Morgan fingerprint density at radius 3 is 2.42 bits per heavy atom. The van der Waals surface area contributed by atoms with E-state index in [1.165, 1.54) is 12.1 Å². The Hall–Kier alpha value is -2.01. The van der Waals surface area contributed by atoms with Crippen molar-refractivity contribution in [2.45, 2.75) is 57.5 Å². The van der Waals surface area contributed by atoms with E-state index in [0.29, 0.717) is 12.1 Å². The topological polar surface area (TPSA) is 102 Å². The van der Waals surface area contributed by atoms with Gasteiger partial charge in [-0.25, -0.2) is 8.42 Å². The fraction of sp³-hybridized carbons (Fsp3) is 0.520. The molecule has 0 saturated carbocycles. The molecular weight excluding hydrogens is 517 g/mol. The fourth-order valence-electron chi connectivity index (χ4n) is 4.24. The number of anilines is 1. The summed E-state index contributed by atoms with van der Waals surface area (Å²) in [7, 11) is -3.44. The highest BCUT2D eigenvalue weighted by molar-refractivity contribution is 7.91. The Morgan fingerprint density at radius 1 is 1.08 bits per heavy atom. The van der Waals surface area contributed by atoms with Gasteiger partial charge in [-0.15, -0.1) is 12.4 Å². The number of aliphatic hydroxyl groups is 1. The lowest BCUT2D eigenvalue weighted by Crippen LogP contribution is -2.54. The minimum atomic E-state index is -4.51. The van der Waals surface area contributed by atoms with Gasteiger partial charge in [0.2, 0.25) is 0 Å². The van der Waals surface area contributed by atoms with Crippen molar-refractivity contribution in [3.63, 3.8) is 0 Å².